The number of hydrogen-bond donors (Lipinski definition) is 0. The Balaban J connectivity index is 2.00. The molecule has 1 fully saturated rings. The van der Waals surface area contributed by atoms with Gasteiger partial charge < -0.3 is 24.0 Å². The van der Waals surface area contributed by atoms with Crippen LogP contribution in [0.15, 0.2) is 30.9 Å². The lowest BCUT2D eigenvalue weighted by molar-refractivity contribution is -0.133. The lowest BCUT2D eigenvalue weighted by atomic mass is 9.87. The second-order valence-corrected chi connectivity index (χ2v) is 6.65. The molecule has 1 saturated heterocycles. The summed E-state index contributed by atoms with van der Waals surface area (Å²) >= 11 is 0. The molecule has 2 heterocycles. The fourth-order valence-electron chi connectivity index (χ4n) is 3.77. The zero-order valence-electron chi connectivity index (χ0n) is 15.8. The minimum atomic E-state index is -0.402. The van der Waals surface area contributed by atoms with E-state index < -0.39 is 6.09 Å². The van der Waals surface area contributed by atoms with Gasteiger partial charge >= 0.3 is 6.09 Å². The molecule has 0 aromatic heterocycles. The second kappa shape index (κ2) is 8.33. The highest BCUT2D eigenvalue weighted by Crippen LogP contribution is 2.42. The average molecular weight is 374 g/mol. The Hall–Kier alpha value is -2.70. The van der Waals surface area contributed by atoms with Crippen LogP contribution in [-0.4, -0.2) is 61.8 Å². The summed E-state index contributed by atoms with van der Waals surface area (Å²) in [4.78, 5) is 28.6. The van der Waals surface area contributed by atoms with Gasteiger partial charge in [0.15, 0.2) is 0 Å². The van der Waals surface area contributed by atoms with Gasteiger partial charge in [-0.1, -0.05) is 6.08 Å². The van der Waals surface area contributed by atoms with Crippen molar-refractivity contribution in [2.24, 2.45) is 5.92 Å². The maximum absolute atomic E-state index is 12.7. The Labute approximate surface area is 159 Å². The lowest BCUT2D eigenvalue weighted by Gasteiger charge is -2.43. The summed E-state index contributed by atoms with van der Waals surface area (Å²) in [6.07, 6.45) is 1.57. The molecule has 1 aromatic rings. The van der Waals surface area contributed by atoms with Gasteiger partial charge in [0.1, 0.15) is 11.5 Å². The zero-order valence-corrected chi connectivity index (χ0v) is 15.8. The molecule has 0 N–H and O–H groups in total. The standard InChI is InChI=1S/C20H26N2O5/c1-4-9-21-12-14-13-27-17-11-15(25-3)6-7-16(17)19(14)22(10-8-18(21)23)20(24)26-5-2/h4,6-7,11,14,19H,1,5,8-10,12-13H2,2-3H3/t14-,19-/m0/s1. The molecule has 0 unspecified atom stereocenters. The summed E-state index contributed by atoms with van der Waals surface area (Å²) in [6.45, 7) is 7.50. The van der Waals surface area contributed by atoms with Crippen LogP contribution in [0.2, 0.25) is 0 Å². The van der Waals surface area contributed by atoms with Crippen LogP contribution >= 0.6 is 0 Å². The first kappa shape index (κ1) is 19.1. The van der Waals surface area contributed by atoms with E-state index in [-0.39, 0.29) is 30.9 Å². The molecule has 0 saturated carbocycles. The van der Waals surface area contributed by atoms with Crippen LogP contribution in [0.25, 0.3) is 0 Å². The van der Waals surface area contributed by atoms with Crippen molar-refractivity contribution in [2.45, 2.75) is 19.4 Å². The summed E-state index contributed by atoms with van der Waals surface area (Å²) in [7, 11) is 1.60. The van der Waals surface area contributed by atoms with Gasteiger partial charge in [0.25, 0.3) is 0 Å². The monoisotopic (exact) mass is 374 g/mol. The quantitative estimate of drug-likeness (QED) is 0.758. The van der Waals surface area contributed by atoms with E-state index in [1.165, 1.54) is 0 Å². The van der Waals surface area contributed by atoms with Crippen molar-refractivity contribution >= 4 is 12.0 Å². The predicted octanol–water partition coefficient (Wildman–Crippen LogP) is 2.62. The summed E-state index contributed by atoms with van der Waals surface area (Å²) in [6, 6.07) is 5.40. The van der Waals surface area contributed by atoms with E-state index in [0.29, 0.717) is 37.7 Å². The largest absolute Gasteiger partial charge is 0.497 e. The average Bonchev–Trinajstić information content (AvgIpc) is 2.67. The minimum Gasteiger partial charge on any atom is -0.497 e. The Morgan fingerprint density at radius 1 is 1.44 bits per heavy atom. The number of rotatable bonds is 4. The molecule has 0 aliphatic carbocycles. The molecular formula is C20H26N2O5. The molecule has 7 nitrogen and oxygen atoms in total. The number of benzene rings is 1. The van der Waals surface area contributed by atoms with Crippen LogP contribution in [0.4, 0.5) is 4.79 Å². The van der Waals surface area contributed by atoms with Crippen molar-refractivity contribution in [1.82, 2.24) is 9.80 Å². The van der Waals surface area contributed by atoms with E-state index in [9.17, 15) is 9.59 Å². The SMILES string of the molecule is C=CCN1C[C@H]2COc3cc(OC)ccc3[C@H]2N(C(=O)OCC)CCC1=O. The van der Waals surface area contributed by atoms with Crippen LogP contribution in [-0.2, 0) is 9.53 Å². The van der Waals surface area contributed by atoms with Crippen molar-refractivity contribution in [2.75, 3.05) is 40.0 Å². The van der Waals surface area contributed by atoms with E-state index in [0.717, 1.165) is 5.56 Å². The number of hydrogen-bond acceptors (Lipinski definition) is 5. The highest BCUT2D eigenvalue weighted by Gasteiger charge is 2.41. The van der Waals surface area contributed by atoms with Crippen LogP contribution in [0.3, 0.4) is 0 Å². The Kier molecular flexibility index (Phi) is 5.88. The van der Waals surface area contributed by atoms with E-state index in [1.54, 1.807) is 29.9 Å². The fraction of sp³-hybridized carbons (Fsp3) is 0.500. The fourth-order valence-corrected chi connectivity index (χ4v) is 3.77. The van der Waals surface area contributed by atoms with E-state index in [1.807, 2.05) is 18.2 Å². The Morgan fingerprint density at radius 3 is 2.96 bits per heavy atom. The summed E-state index contributed by atoms with van der Waals surface area (Å²) in [5.41, 5.74) is 0.910. The topological polar surface area (TPSA) is 68.3 Å². The van der Waals surface area contributed by atoms with E-state index in [2.05, 4.69) is 6.58 Å². The van der Waals surface area contributed by atoms with Gasteiger partial charge in [0, 0.05) is 43.6 Å². The summed E-state index contributed by atoms with van der Waals surface area (Å²) in [5.74, 6) is 1.35. The molecule has 3 rings (SSSR count). The first-order valence-corrected chi connectivity index (χ1v) is 9.21. The molecule has 146 valence electrons. The number of nitrogens with zero attached hydrogens (tertiary/aromatic N) is 2. The third-order valence-electron chi connectivity index (χ3n) is 5.00. The number of fused-ring (bicyclic) bond motifs is 3. The predicted molar refractivity (Wildman–Crippen MR) is 99.8 cm³/mol. The van der Waals surface area contributed by atoms with Crippen LogP contribution in [0, 0.1) is 5.92 Å². The van der Waals surface area contributed by atoms with Gasteiger partial charge in [-0.3, -0.25) is 4.79 Å². The number of carbonyl (C=O) groups excluding carboxylic acids is 2. The highest BCUT2D eigenvalue weighted by atomic mass is 16.6. The van der Waals surface area contributed by atoms with E-state index in [4.69, 9.17) is 14.2 Å². The third kappa shape index (κ3) is 3.86. The normalized spacial score (nSPS) is 21.9. The van der Waals surface area contributed by atoms with Gasteiger partial charge in [-0.25, -0.2) is 4.79 Å². The molecule has 7 heteroatoms. The number of methoxy groups -OCH3 is 1. The first-order chi connectivity index (χ1) is 13.1. The third-order valence-corrected chi connectivity index (χ3v) is 5.00. The number of amides is 2. The van der Waals surface area contributed by atoms with Crippen molar-refractivity contribution in [3.63, 3.8) is 0 Å². The molecule has 2 atom stereocenters. The van der Waals surface area contributed by atoms with Crippen molar-refractivity contribution < 1.29 is 23.8 Å². The van der Waals surface area contributed by atoms with E-state index >= 15 is 0 Å². The Bertz CT molecular complexity index is 720. The molecule has 1 aromatic carbocycles. The molecule has 2 amide bonds. The lowest BCUT2D eigenvalue weighted by Crippen LogP contribution is -2.51. The van der Waals surface area contributed by atoms with Crippen molar-refractivity contribution in [3.05, 3.63) is 36.4 Å². The molecule has 0 radical (unpaired) electrons. The van der Waals surface area contributed by atoms with Gasteiger partial charge in [-0.05, 0) is 19.1 Å². The second-order valence-electron chi connectivity index (χ2n) is 6.65. The van der Waals surface area contributed by atoms with Gasteiger partial charge in [0.05, 0.1) is 26.4 Å². The number of carbonyl (C=O) groups is 2. The van der Waals surface area contributed by atoms with Crippen LogP contribution in [0.5, 0.6) is 11.5 Å². The molecule has 27 heavy (non-hydrogen) atoms. The van der Waals surface area contributed by atoms with Gasteiger partial charge in [-0.2, -0.15) is 0 Å². The van der Waals surface area contributed by atoms with Crippen molar-refractivity contribution in [1.29, 1.82) is 0 Å². The maximum Gasteiger partial charge on any atom is 0.410 e. The smallest absolute Gasteiger partial charge is 0.410 e. The minimum absolute atomic E-state index is 0.00294. The maximum atomic E-state index is 12.7. The summed E-state index contributed by atoms with van der Waals surface area (Å²) < 4.78 is 16.5. The molecule has 0 spiro atoms. The molecule has 2 aliphatic heterocycles. The van der Waals surface area contributed by atoms with Gasteiger partial charge in [0.2, 0.25) is 5.91 Å². The van der Waals surface area contributed by atoms with Crippen molar-refractivity contribution in [3.8, 4) is 11.5 Å². The molecule has 0 bridgehead atoms. The summed E-state index contributed by atoms with van der Waals surface area (Å²) in [5, 5.41) is 0. The molecular weight excluding hydrogens is 348 g/mol. The van der Waals surface area contributed by atoms with Gasteiger partial charge in [-0.15, -0.1) is 6.58 Å². The Morgan fingerprint density at radius 2 is 2.26 bits per heavy atom. The first-order valence-electron chi connectivity index (χ1n) is 9.21. The number of ether oxygens (including phenoxy) is 3. The van der Waals surface area contributed by atoms with Crippen LogP contribution < -0.4 is 9.47 Å². The highest BCUT2D eigenvalue weighted by molar-refractivity contribution is 5.78. The van der Waals surface area contributed by atoms with Crippen LogP contribution in [0.1, 0.15) is 24.9 Å². The molecule has 2 aliphatic rings. The zero-order chi connectivity index (χ0) is 19.4.